The molecule has 1 aromatic rings. The molecule has 0 aliphatic rings. The third-order valence-corrected chi connectivity index (χ3v) is 6.66. The van der Waals surface area contributed by atoms with E-state index in [-0.39, 0.29) is 5.97 Å². The third kappa shape index (κ3) is 6.57. The van der Waals surface area contributed by atoms with Crippen molar-refractivity contribution in [3.63, 3.8) is 0 Å². The van der Waals surface area contributed by atoms with Crippen LogP contribution in [0.1, 0.15) is 39.2 Å². The first-order chi connectivity index (χ1) is 11.5. The van der Waals surface area contributed by atoms with E-state index in [0.29, 0.717) is 13.2 Å². The highest BCUT2D eigenvalue weighted by Gasteiger charge is 2.36. The van der Waals surface area contributed by atoms with Crippen molar-refractivity contribution >= 4 is 19.2 Å². The molecule has 1 atom stereocenters. The first-order valence-electron chi connectivity index (χ1n) is 9.22. The number of likely N-dealkylation sites (N-methyl/N-ethyl adjacent to an activating group) is 1. The van der Waals surface area contributed by atoms with E-state index in [2.05, 4.69) is 50.5 Å². The zero-order chi connectivity index (χ0) is 19.3. The standard InChI is InChI=1S/C20H35NO3Si/c1-8-21(9-2)14-15-24-19(22)18(20(3,4)23)16-10-12-17(13-11-16)25(5,6)7/h10-13,18,23H,8-9,14-15H2,1-7H3. The van der Waals surface area contributed by atoms with Crippen LogP contribution in [0.2, 0.25) is 19.6 Å². The van der Waals surface area contributed by atoms with Crippen LogP contribution in [-0.4, -0.2) is 55.9 Å². The Morgan fingerprint density at radius 3 is 2.08 bits per heavy atom. The van der Waals surface area contributed by atoms with Crippen molar-refractivity contribution in [3.8, 4) is 0 Å². The van der Waals surface area contributed by atoms with Gasteiger partial charge in [0.2, 0.25) is 0 Å². The van der Waals surface area contributed by atoms with Gasteiger partial charge >= 0.3 is 5.97 Å². The molecule has 0 heterocycles. The Hall–Kier alpha value is -1.17. The normalized spacial score (nSPS) is 13.8. The summed E-state index contributed by atoms with van der Waals surface area (Å²) in [4.78, 5) is 14.8. The highest BCUT2D eigenvalue weighted by Crippen LogP contribution is 2.29. The number of ether oxygens (including phenoxy) is 1. The van der Waals surface area contributed by atoms with Crippen molar-refractivity contribution < 1.29 is 14.6 Å². The fourth-order valence-electron chi connectivity index (χ4n) is 2.91. The fourth-order valence-corrected chi connectivity index (χ4v) is 4.07. The molecule has 0 amide bonds. The number of hydrogen-bond acceptors (Lipinski definition) is 4. The molecule has 0 spiro atoms. The average Bonchev–Trinajstić information content (AvgIpc) is 2.50. The van der Waals surface area contributed by atoms with Gasteiger partial charge in [-0.05, 0) is 32.5 Å². The van der Waals surface area contributed by atoms with Crippen molar-refractivity contribution in [1.82, 2.24) is 4.90 Å². The lowest BCUT2D eigenvalue weighted by molar-refractivity contribution is -0.151. The number of aliphatic hydroxyl groups is 1. The summed E-state index contributed by atoms with van der Waals surface area (Å²) in [6, 6.07) is 8.09. The van der Waals surface area contributed by atoms with Crippen molar-refractivity contribution in [3.05, 3.63) is 29.8 Å². The van der Waals surface area contributed by atoms with Crippen LogP contribution in [0.4, 0.5) is 0 Å². The van der Waals surface area contributed by atoms with Crippen LogP contribution in [-0.2, 0) is 9.53 Å². The number of carbonyl (C=O) groups excluding carboxylic acids is 1. The molecule has 0 saturated heterocycles. The van der Waals surface area contributed by atoms with Gasteiger partial charge in [-0.25, -0.2) is 0 Å². The minimum absolute atomic E-state index is 0.347. The Morgan fingerprint density at radius 1 is 1.16 bits per heavy atom. The predicted molar refractivity (Wildman–Crippen MR) is 107 cm³/mol. The second-order valence-electron chi connectivity index (χ2n) is 8.15. The van der Waals surface area contributed by atoms with E-state index in [1.807, 2.05) is 12.1 Å². The van der Waals surface area contributed by atoms with E-state index in [9.17, 15) is 9.90 Å². The smallest absolute Gasteiger partial charge is 0.316 e. The predicted octanol–water partition coefficient (Wildman–Crippen LogP) is 2.97. The Morgan fingerprint density at radius 2 is 1.68 bits per heavy atom. The summed E-state index contributed by atoms with van der Waals surface area (Å²) in [7, 11) is -1.39. The summed E-state index contributed by atoms with van der Waals surface area (Å²) in [6.07, 6.45) is 0. The molecule has 0 radical (unpaired) electrons. The van der Waals surface area contributed by atoms with Gasteiger partial charge in [0.15, 0.2) is 0 Å². The Kier molecular flexibility index (Phi) is 7.84. The Balaban J connectivity index is 2.89. The summed E-state index contributed by atoms with van der Waals surface area (Å²) in [5.74, 6) is -1.04. The van der Waals surface area contributed by atoms with E-state index in [1.54, 1.807) is 13.8 Å². The van der Waals surface area contributed by atoms with E-state index >= 15 is 0 Å². The molecule has 0 fully saturated rings. The SMILES string of the molecule is CCN(CC)CCOC(=O)C(c1ccc([Si](C)(C)C)cc1)C(C)(C)O. The zero-order valence-corrected chi connectivity index (χ0v) is 17.9. The maximum Gasteiger partial charge on any atom is 0.316 e. The quantitative estimate of drug-likeness (QED) is 0.540. The van der Waals surface area contributed by atoms with Gasteiger partial charge in [0.25, 0.3) is 0 Å². The summed E-state index contributed by atoms with van der Waals surface area (Å²) in [5, 5.41) is 11.9. The van der Waals surface area contributed by atoms with Crippen LogP contribution in [0.5, 0.6) is 0 Å². The van der Waals surface area contributed by atoms with E-state index < -0.39 is 19.6 Å². The highest BCUT2D eigenvalue weighted by molar-refractivity contribution is 6.88. The molecule has 1 rings (SSSR count). The largest absolute Gasteiger partial charge is 0.464 e. The van der Waals surface area contributed by atoms with Crippen molar-refractivity contribution in [2.45, 2.75) is 58.9 Å². The van der Waals surface area contributed by atoms with Gasteiger partial charge < -0.3 is 14.7 Å². The maximum atomic E-state index is 12.6. The lowest BCUT2D eigenvalue weighted by Crippen LogP contribution is -2.39. The topological polar surface area (TPSA) is 49.8 Å². The summed E-state index contributed by atoms with van der Waals surface area (Å²) < 4.78 is 5.48. The Bertz CT molecular complexity index is 540. The molecule has 0 aromatic heterocycles. The highest BCUT2D eigenvalue weighted by atomic mass is 28.3. The van der Waals surface area contributed by atoms with Crippen molar-refractivity contribution in [2.24, 2.45) is 0 Å². The molecule has 25 heavy (non-hydrogen) atoms. The molecular formula is C20H35NO3Si. The van der Waals surface area contributed by atoms with E-state index in [0.717, 1.165) is 18.7 Å². The molecule has 5 heteroatoms. The minimum atomic E-state index is -1.39. The fraction of sp³-hybridized carbons (Fsp3) is 0.650. The summed E-state index contributed by atoms with van der Waals surface area (Å²) in [6.45, 7) is 17.3. The lowest BCUT2D eigenvalue weighted by atomic mass is 9.85. The first-order valence-corrected chi connectivity index (χ1v) is 12.7. The van der Waals surface area contributed by atoms with Gasteiger partial charge in [-0.2, -0.15) is 0 Å². The maximum absolute atomic E-state index is 12.6. The van der Waals surface area contributed by atoms with Crippen LogP contribution >= 0.6 is 0 Å². The average molecular weight is 366 g/mol. The number of nitrogens with zero attached hydrogens (tertiary/aromatic N) is 1. The Labute approximate surface area is 154 Å². The van der Waals surface area contributed by atoms with Crippen molar-refractivity contribution in [1.29, 1.82) is 0 Å². The number of carbonyl (C=O) groups is 1. The second-order valence-corrected chi connectivity index (χ2v) is 13.2. The molecule has 0 bridgehead atoms. The number of benzene rings is 1. The van der Waals surface area contributed by atoms with Gasteiger partial charge in [0, 0.05) is 6.54 Å². The van der Waals surface area contributed by atoms with Crippen LogP contribution in [0.25, 0.3) is 0 Å². The van der Waals surface area contributed by atoms with Crippen molar-refractivity contribution in [2.75, 3.05) is 26.2 Å². The molecule has 0 saturated carbocycles. The summed E-state index contributed by atoms with van der Waals surface area (Å²) in [5.41, 5.74) is -0.366. The minimum Gasteiger partial charge on any atom is -0.464 e. The van der Waals surface area contributed by atoms with Gasteiger partial charge in [-0.15, -0.1) is 0 Å². The number of rotatable bonds is 9. The summed E-state index contributed by atoms with van der Waals surface area (Å²) >= 11 is 0. The van der Waals surface area contributed by atoms with Gasteiger partial charge in [0.05, 0.1) is 13.7 Å². The number of esters is 1. The number of hydrogen-bond donors (Lipinski definition) is 1. The second kappa shape index (κ2) is 8.97. The molecule has 1 aromatic carbocycles. The van der Waals surface area contributed by atoms with Gasteiger partial charge in [-0.3, -0.25) is 4.79 Å². The molecule has 142 valence electrons. The van der Waals surface area contributed by atoms with Crippen LogP contribution < -0.4 is 5.19 Å². The molecule has 1 unspecified atom stereocenters. The van der Waals surface area contributed by atoms with Crippen LogP contribution in [0.3, 0.4) is 0 Å². The molecular weight excluding hydrogens is 330 g/mol. The molecule has 0 aliphatic heterocycles. The molecule has 1 N–H and O–H groups in total. The van der Waals surface area contributed by atoms with Crippen LogP contribution in [0, 0.1) is 0 Å². The third-order valence-electron chi connectivity index (χ3n) is 4.60. The molecule has 4 nitrogen and oxygen atoms in total. The lowest BCUT2D eigenvalue weighted by Gasteiger charge is -2.29. The zero-order valence-electron chi connectivity index (χ0n) is 16.9. The van der Waals surface area contributed by atoms with Crippen LogP contribution in [0.15, 0.2) is 24.3 Å². The van der Waals surface area contributed by atoms with Gasteiger partial charge in [-0.1, -0.05) is 62.9 Å². The van der Waals surface area contributed by atoms with E-state index in [4.69, 9.17) is 4.74 Å². The van der Waals surface area contributed by atoms with Gasteiger partial charge in [0.1, 0.15) is 12.5 Å². The monoisotopic (exact) mass is 365 g/mol. The van der Waals surface area contributed by atoms with E-state index in [1.165, 1.54) is 5.19 Å². The molecule has 0 aliphatic carbocycles. The first kappa shape index (κ1) is 21.9.